The number of aryl methyl sites for hydroxylation is 6. The molecule has 0 spiro atoms. The summed E-state index contributed by atoms with van der Waals surface area (Å²) in [5.41, 5.74) is 6.57. The van der Waals surface area contributed by atoms with Gasteiger partial charge in [0.15, 0.2) is 0 Å². The van der Waals surface area contributed by atoms with Gasteiger partial charge in [0, 0.05) is 36.0 Å². The Morgan fingerprint density at radius 1 is 0.633 bits per heavy atom. The SMILES string of the molecule is CCN(C=CN(Cn1nc(C)cc1C)Cn1nc(C)cc1C)Cn1nc(C)cc1C. The average Bonchev–Trinajstić information content (AvgIpc) is 3.27. The number of nitrogens with zero attached hydrogens (tertiary/aromatic N) is 8. The third kappa shape index (κ3) is 5.31. The van der Waals surface area contributed by atoms with Gasteiger partial charge >= 0.3 is 0 Å². The van der Waals surface area contributed by atoms with Crippen LogP contribution < -0.4 is 0 Å². The van der Waals surface area contributed by atoms with Crippen LogP contribution in [0.3, 0.4) is 0 Å². The molecule has 0 unspecified atom stereocenters. The van der Waals surface area contributed by atoms with Crippen LogP contribution in [0.2, 0.25) is 0 Å². The van der Waals surface area contributed by atoms with Crippen molar-refractivity contribution in [2.24, 2.45) is 0 Å². The number of hydrogen-bond acceptors (Lipinski definition) is 5. The van der Waals surface area contributed by atoms with E-state index in [0.717, 1.165) is 41.7 Å². The second-order valence-corrected chi connectivity index (χ2v) is 8.00. The molecule has 8 heteroatoms. The third-order valence-corrected chi connectivity index (χ3v) is 5.15. The highest BCUT2D eigenvalue weighted by Crippen LogP contribution is 2.10. The Bertz CT molecular complexity index is 958. The summed E-state index contributed by atoms with van der Waals surface area (Å²) in [5.74, 6) is 0. The van der Waals surface area contributed by atoms with Crippen molar-refractivity contribution in [2.75, 3.05) is 6.54 Å². The highest BCUT2D eigenvalue weighted by molar-refractivity contribution is 5.08. The van der Waals surface area contributed by atoms with Gasteiger partial charge in [-0.05, 0) is 66.7 Å². The molecule has 0 aliphatic heterocycles. The number of hydrogen-bond donors (Lipinski definition) is 0. The van der Waals surface area contributed by atoms with Gasteiger partial charge in [0.25, 0.3) is 0 Å². The van der Waals surface area contributed by atoms with Crippen molar-refractivity contribution >= 4 is 0 Å². The van der Waals surface area contributed by atoms with Crippen molar-refractivity contribution in [1.29, 1.82) is 0 Å². The van der Waals surface area contributed by atoms with Crippen LogP contribution in [0, 0.1) is 41.5 Å². The average molecular weight is 411 g/mol. The first kappa shape index (κ1) is 21.7. The van der Waals surface area contributed by atoms with Crippen LogP contribution in [-0.2, 0) is 20.0 Å². The zero-order chi connectivity index (χ0) is 21.8. The predicted molar refractivity (Wildman–Crippen MR) is 118 cm³/mol. The summed E-state index contributed by atoms with van der Waals surface area (Å²) in [7, 11) is 0. The topological polar surface area (TPSA) is 59.9 Å². The van der Waals surface area contributed by atoms with Crippen LogP contribution in [0.5, 0.6) is 0 Å². The zero-order valence-corrected chi connectivity index (χ0v) is 19.3. The first-order valence-corrected chi connectivity index (χ1v) is 10.4. The maximum Gasteiger partial charge on any atom is 0.113 e. The van der Waals surface area contributed by atoms with E-state index >= 15 is 0 Å². The molecule has 3 aromatic rings. The summed E-state index contributed by atoms with van der Waals surface area (Å²) in [5, 5.41) is 13.9. The van der Waals surface area contributed by atoms with Gasteiger partial charge in [0.2, 0.25) is 0 Å². The van der Waals surface area contributed by atoms with E-state index in [1.807, 2.05) is 34.8 Å². The van der Waals surface area contributed by atoms with Gasteiger partial charge in [-0.15, -0.1) is 0 Å². The Balaban J connectivity index is 1.79. The molecule has 0 fully saturated rings. The Labute approximate surface area is 179 Å². The van der Waals surface area contributed by atoms with Gasteiger partial charge in [0.1, 0.15) is 20.0 Å². The van der Waals surface area contributed by atoms with Crippen molar-refractivity contribution in [3.63, 3.8) is 0 Å². The van der Waals surface area contributed by atoms with Gasteiger partial charge in [-0.25, -0.2) is 14.0 Å². The molecule has 8 nitrogen and oxygen atoms in total. The van der Waals surface area contributed by atoms with Crippen molar-refractivity contribution in [3.8, 4) is 0 Å². The van der Waals surface area contributed by atoms with E-state index in [-0.39, 0.29) is 0 Å². The van der Waals surface area contributed by atoms with Crippen LogP contribution in [0.15, 0.2) is 30.6 Å². The van der Waals surface area contributed by atoms with E-state index in [4.69, 9.17) is 0 Å². The molecular formula is C22H34N8. The van der Waals surface area contributed by atoms with Crippen molar-refractivity contribution in [1.82, 2.24) is 39.1 Å². The van der Waals surface area contributed by atoms with E-state index in [1.165, 1.54) is 5.69 Å². The van der Waals surface area contributed by atoms with Gasteiger partial charge in [-0.1, -0.05) is 0 Å². The summed E-state index contributed by atoms with van der Waals surface area (Å²) in [6.45, 7) is 17.4. The van der Waals surface area contributed by atoms with Crippen LogP contribution in [0.1, 0.15) is 41.1 Å². The van der Waals surface area contributed by atoms with Gasteiger partial charge in [-0.2, -0.15) is 15.3 Å². The number of aromatic nitrogens is 6. The largest absolute Gasteiger partial charge is 0.357 e. The molecule has 0 bridgehead atoms. The molecule has 0 aliphatic rings. The van der Waals surface area contributed by atoms with Gasteiger partial charge in [0.05, 0.1) is 17.1 Å². The lowest BCUT2D eigenvalue weighted by Crippen LogP contribution is -2.28. The Kier molecular flexibility index (Phi) is 6.64. The van der Waals surface area contributed by atoms with E-state index in [0.29, 0.717) is 13.3 Å². The number of rotatable bonds is 9. The predicted octanol–water partition coefficient (Wildman–Crippen LogP) is 3.49. The molecule has 0 aliphatic carbocycles. The Morgan fingerprint density at radius 2 is 0.967 bits per heavy atom. The van der Waals surface area contributed by atoms with Crippen LogP contribution in [-0.4, -0.2) is 45.7 Å². The molecule has 3 heterocycles. The van der Waals surface area contributed by atoms with E-state index < -0.39 is 0 Å². The normalized spacial score (nSPS) is 11.6. The van der Waals surface area contributed by atoms with Gasteiger partial charge < -0.3 is 9.80 Å². The van der Waals surface area contributed by atoms with E-state index in [9.17, 15) is 0 Å². The zero-order valence-electron chi connectivity index (χ0n) is 19.3. The summed E-state index contributed by atoms with van der Waals surface area (Å²) in [4.78, 5) is 4.47. The second-order valence-electron chi connectivity index (χ2n) is 8.00. The molecule has 0 N–H and O–H groups in total. The first-order valence-electron chi connectivity index (χ1n) is 10.4. The molecule has 0 aromatic carbocycles. The minimum atomic E-state index is 0.659. The molecular weight excluding hydrogens is 376 g/mol. The Hall–Kier alpha value is -3.03. The minimum absolute atomic E-state index is 0.659. The summed E-state index contributed by atoms with van der Waals surface area (Å²) in [6, 6.07) is 6.31. The van der Waals surface area contributed by atoms with Gasteiger partial charge in [-0.3, -0.25) is 0 Å². The fourth-order valence-corrected chi connectivity index (χ4v) is 3.55. The van der Waals surface area contributed by atoms with Crippen molar-refractivity contribution in [3.05, 3.63) is 64.8 Å². The van der Waals surface area contributed by atoms with Crippen molar-refractivity contribution < 1.29 is 0 Å². The first-order chi connectivity index (χ1) is 14.2. The van der Waals surface area contributed by atoms with Crippen LogP contribution >= 0.6 is 0 Å². The standard InChI is InChI=1S/C22H34N8/c1-8-26(14-28-20(5)11-17(2)23-28)9-10-27(15-29-21(6)12-18(3)24-29)16-30-22(7)13-19(4)25-30/h9-13H,8,14-16H2,1-7H3. The molecule has 3 rings (SSSR count). The molecule has 0 saturated heterocycles. The lowest BCUT2D eigenvalue weighted by Gasteiger charge is -2.25. The summed E-state index contributed by atoms with van der Waals surface area (Å²) < 4.78 is 6.10. The monoisotopic (exact) mass is 410 g/mol. The highest BCUT2D eigenvalue weighted by atomic mass is 15.4. The highest BCUT2D eigenvalue weighted by Gasteiger charge is 2.10. The molecule has 30 heavy (non-hydrogen) atoms. The minimum Gasteiger partial charge on any atom is -0.357 e. The second kappa shape index (κ2) is 9.19. The molecule has 0 amide bonds. The van der Waals surface area contributed by atoms with Crippen LogP contribution in [0.4, 0.5) is 0 Å². The lowest BCUT2D eigenvalue weighted by molar-refractivity contribution is 0.210. The maximum atomic E-state index is 4.63. The summed E-state index contributed by atoms with van der Waals surface area (Å²) in [6.07, 6.45) is 4.26. The maximum absolute atomic E-state index is 4.63. The molecule has 0 saturated carbocycles. The van der Waals surface area contributed by atoms with E-state index in [2.05, 4.69) is 83.4 Å². The fourth-order valence-electron chi connectivity index (χ4n) is 3.55. The molecule has 0 radical (unpaired) electrons. The third-order valence-electron chi connectivity index (χ3n) is 5.15. The van der Waals surface area contributed by atoms with Crippen LogP contribution in [0.25, 0.3) is 0 Å². The van der Waals surface area contributed by atoms with E-state index in [1.54, 1.807) is 0 Å². The molecule has 162 valence electrons. The quantitative estimate of drug-likeness (QED) is 0.540. The fraction of sp³-hybridized carbons (Fsp3) is 0.500. The molecule has 3 aromatic heterocycles. The molecule has 0 atom stereocenters. The lowest BCUT2D eigenvalue weighted by atomic mass is 10.4. The summed E-state index contributed by atoms with van der Waals surface area (Å²) >= 11 is 0. The van der Waals surface area contributed by atoms with Crippen molar-refractivity contribution in [2.45, 2.75) is 68.5 Å². The Morgan fingerprint density at radius 3 is 1.27 bits per heavy atom. The smallest absolute Gasteiger partial charge is 0.113 e.